The Kier molecular flexibility index (Phi) is 6.19. The predicted molar refractivity (Wildman–Crippen MR) is 89.3 cm³/mol. The van der Waals surface area contributed by atoms with Crippen molar-refractivity contribution >= 4 is 17.7 Å². The number of phenolic OH excluding ortho intramolecular Hbond substituents is 2. The van der Waals surface area contributed by atoms with Gasteiger partial charge in [0.05, 0.1) is 5.69 Å². The number of carbonyl (C=O) groups excluding carboxylic acids is 1. The van der Waals surface area contributed by atoms with E-state index in [9.17, 15) is 15.0 Å². The number of nitrogen functional groups attached to an aromatic ring is 1. The number of nitriles is 1. The molecule has 0 atom stereocenters. The molecule has 0 aliphatic carbocycles. The molecular weight excluding hydrogens is 294 g/mol. The van der Waals surface area contributed by atoms with Crippen molar-refractivity contribution in [3.05, 3.63) is 60.2 Å². The highest BCUT2D eigenvalue weighted by Crippen LogP contribution is 2.32. The smallest absolute Gasteiger partial charge is 0.262 e. The van der Waals surface area contributed by atoms with Crippen LogP contribution in [-0.4, -0.2) is 22.7 Å². The SMILES string of the molecule is C=C/C=C(\C=C)CNC(=O)/C(C#N)=C/c1cc(N)c(O)c(O)c1. The average molecular weight is 311 g/mol. The van der Waals surface area contributed by atoms with Gasteiger partial charge in [0.1, 0.15) is 11.6 Å². The van der Waals surface area contributed by atoms with Crippen molar-refractivity contribution in [2.45, 2.75) is 0 Å². The maximum atomic E-state index is 12.0. The lowest BCUT2D eigenvalue weighted by atomic mass is 10.1. The molecule has 0 saturated carbocycles. The maximum absolute atomic E-state index is 12.0. The first-order chi connectivity index (χ1) is 10.9. The third-order valence-corrected chi connectivity index (χ3v) is 2.86. The van der Waals surface area contributed by atoms with Gasteiger partial charge >= 0.3 is 0 Å². The van der Waals surface area contributed by atoms with E-state index in [1.165, 1.54) is 18.2 Å². The first kappa shape index (κ1) is 17.6. The molecule has 0 saturated heterocycles. The van der Waals surface area contributed by atoms with Gasteiger partial charge in [0.15, 0.2) is 11.5 Å². The Bertz CT molecular complexity index is 717. The number of phenols is 2. The summed E-state index contributed by atoms with van der Waals surface area (Å²) >= 11 is 0. The zero-order valence-electron chi connectivity index (χ0n) is 12.4. The lowest BCUT2D eigenvalue weighted by molar-refractivity contribution is -0.116. The van der Waals surface area contributed by atoms with Gasteiger partial charge in [0.2, 0.25) is 0 Å². The van der Waals surface area contributed by atoms with Crippen LogP contribution >= 0.6 is 0 Å². The summed E-state index contributed by atoms with van der Waals surface area (Å²) in [6.45, 7) is 7.35. The van der Waals surface area contributed by atoms with E-state index in [2.05, 4.69) is 18.5 Å². The number of carbonyl (C=O) groups is 1. The van der Waals surface area contributed by atoms with E-state index in [1.54, 1.807) is 24.3 Å². The molecule has 5 N–H and O–H groups in total. The number of hydrogen-bond acceptors (Lipinski definition) is 5. The second kappa shape index (κ2) is 8.10. The van der Waals surface area contributed by atoms with Crippen molar-refractivity contribution in [1.82, 2.24) is 5.32 Å². The maximum Gasteiger partial charge on any atom is 0.262 e. The van der Waals surface area contributed by atoms with E-state index in [0.717, 1.165) is 5.57 Å². The summed E-state index contributed by atoms with van der Waals surface area (Å²) in [6.07, 6.45) is 6.07. The number of amides is 1. The quantitative estimate of drug-likeness (QED) is 0.211. The van der Waals surface area contributed by atoms with Gasteiger partial charge in [-0.25, -0.2) is 0 Å². The number of allylic oxidation sites excluding steroid dienone is 2. The Labute approximate surface area is 134 Å². The van der Waals surface area contributed by atoms with E-state index >= 15 is 0 Å². The minimum atomic E-state index is -0.588. The van der Waals surface area contributed by atoms with Crippen molar-refractivity contribution < 1.29 is 15.0 Å². The number of hydrogen-bond donors (Lipinski definition) is 4. The summed E-state index contributed by atoms with van der Waals surface area (Å²) in [5.41, 5.74) is 6.33. The van der Waals surface area contributed by atoms with Gasteiger partial charge in [-0.1, -0.05) is 31.4 Å². The normalized spacial score (nSPS) is 11.4. The third-order valence-electron chi connectivity index (χ3n) is 2.86. The van der Waals surface area contributed by atoms with Gasteiger partial charge in [-0.15, -0.1) is 0 Å². The molecule has 0 radical (unpaired) electrons. The third kappa shape index (κ3) is 4.79. The van der Waals surface area contributed by atoms with Gasteiger partial charge in [0.25, 0.3) is 5.91 Å². The highest BCUT2D eigenvalue weighted by Gasteiger charge is 2.11. The summed E-state index contributed by atoms with van der Waals surface area (Å²) < 4.78 is 0. The van der Waals surface area contributed by atoms with E-state index < -0.39 is 17.4 Å². The number of benzene rings is 1. The van der Waals surface area contributed by atoms with Crippen molar-refractivity contribution in [2.75, 3.05) is 12.3 Å². The summed E-state index contributed by atoms with van der Waals surface area (Å²) in [5, 5.41) is 30.6. The van der Waals surface area contributed by atoms with Crippen LogP contribution in [0.25, 0.3) is 6.08 Å². The molecule has 0 bridgehead atoms. The minimum absolute atomic E-state index is 0.0585. The highest BCUT2D eigenvalue weighted by atomic mass is 16.3. The Morgan fingerprint density at radius 1 is 1.39 bits per heavy atom. The number of nitrogens with two attached hydrogens (primary N) is 1. The van der Waals surface area contributed by atoms with Crippen LogP contribution in [0, 0.1) is 11.3 Å². The zero-order valence-corrected chi connectivity index (χ0v) is 12.4. The van der Waals surface area contributed by atoms with E-state index in [1.807, 2.05) is 0 Å². The highest BCUT2D eigenvalue weighted by molar-refractivity contribution is 6.02. The number of nitrogens with zero attached hydrogens (tertiary/aromatic N) is 1. The fraction of sp³-hybridized carbons (Fsp3) is 0.0588. The van der Waals surface area contributed by atoms with E-state index in [-0.39, 0.29) is 17.8 Å². The van der Waals surface area contributed by atoms with Crippen molar-refractivity contribution in [1.29, 1.82) is 5.26 Å². The largest absolute Gasteiger partial charge is 0.504 e. The first-order valence-corrected chi connectivity index (χ1v) is 6.58. The lowest BCUT2D eigenvalue weighted by Crippen LogP contribution is -2.26. The molecule has 0 aliphatic rings. The van der Waals surface area contributed by atoms with Crippen LogP contribution in [0.2, 0.25) is 0 Å². The molecule has 23 heavy (non-hydrogen) atoms. The van der Waals surface area contributed by atoms with Gasteiger partial charge in [-0.05, 0) is 29.3 Å². The van der Waals surface area contributed by atoms with E-state index in [4.69, 9.17) is 11.0 Å². The molecule has 6 heteroatoms. The molecule has 0 unspecified atom stereocenters. The van der Waals surface area contributed by atoms with Crippen LogP contribution in [0.1, 0.15) is 5.56 Å². The van der Waals surface area contributed by atoms with Crippen LogP contribution in [-0.2, 0) is 4.79 Å². The summed E-state index contributed by atoms with van der Waals surface area (Å²) in [5.74, 6) is -1.47. The molecule has 1 aromatic rings. The van der Waals surface area contributed by atoms with Gasteiger partial charge in [-0.3, -0.25) is 4.79 Å². The molecule has 0 aliphatic heterocycles. The molecule has 1 rings (SSSR count). The summed E-state index contributed by atoms with van der Waals surface area (Å²) in [4.78, 5) is 12.0. The number of nitrogens with one attached hydrogen (secondary N) is 1. The van der Waals surface area contributed by atoms with Crippen LogP contribution in [0.15, 0.2) is 54.7 Å². The first-order valence-electron chi connectivity index (χ1n) is 6.58. The molecule has 0 fully saturated rings. The van der Waals surface area contributed by atoms with Crippen LogP contribution < -0.4 is 11.1 Å². The molecule has 0 spiro atoms. The molecule has 0 heterocycles. The Balaban J connectivity index is 2.98. The molecular formula is C17H17N3O3. The minimum Gasteiger partial charge on any atom is -0.504 e. The van der Waals surface area contributed by atoms with Gasteiger partial charge in [-0.2, -0.15) is 5.26 Å². The monoisotopic (exact) mass is 311 g/mol. The standard InChI is InChI=1S/C17H17N3O3/c1-3-5-11(4-2)10-20-17(23)13(9-18)6-12-7-14(19)16(22)15(21)8-12/h3-8,21-22H,1-2,10,19H2,(H,20,23)/b11-5+,13-6+. The zero-order chi connectivity index (χ0) is 17.4. The molecule has 0 aromatic heterocycles. The fourth-order valence-electron chi connectivity index (χ4n) is 1.69. The number of rotatable bonds is 6. The molecule has 6 nitrogen and oxygen atoms in total. The van der Waals surface area contributed by atoms with Crippen molar-refractivity contribution in [3.63, 3.8) is 0 Å². The Morgan fingerprint density at radius 2 is 2.09 bits per heavy atom. The second-order valence-corrected chi connectivity index (χ2v) is 4.51. The molecule has 118 valence electrons. The number of aromatic hydroxyl groups is 2. The number of anilines is 1. The van der Waals surface area contributed by atoms with Crippen molar-refractivity contribution in [3.8, 4) is 17.6 Å². The summed E-state index contributed by atoms with van der Waals surface area (Å²) in [6, 6.07) is 4.31. The average Bonchev–Trinajstić information content (AvgIpc) is 2.53. The lowest BCUT2D eigenvalue weighted by Gasteiger charge is -2.06. The van der Waals surface area contributed by atoms with Crippen LogP contribution in [0.4, 0.5) is 5.69 Å². The fourth-order valence-corrected chi connectivity index (χ4v) is 1.69. The second-order valence-electron chi connectivity index (χ2n) is 4.51. The molecule has 1 aromatic carbocycles. The Hall–Kier alpha value is -3.46. The van der Waals surface area contributed by atoms with E-state index in [0.29, 0.717) is 5.56 Å². The Morgan fingerprint density at radius 3 is 2.61 bits per heavy atom. The van der Waals surface area contributed by atoms with Gasteiger partial charge < -0.3 is 21.3 Å². The van der Waals surface area contributed by atoms with Crippen LogP contribution in [0.3, 0.4) is 0 Å². The van der Waals surface area contributed by atoms with Gasteiger partial charge in [0, 0.05) is 6.54 Å². The molecule has 1 amide bonds. The predicted octanol–water partition coefficient (Wildman–Crippen LogP) is 2.00. The van der Waals surface area contributed by atoms with Crippen molar-refractivity contribution in [2.24, 2.45) is 0 Å². The topological polar surface area (TPSA) is 119 Å². The van der Waals surface area contributed by atoms with Crippen LogP contribution in [0.5, 0.6) is 11.5 Å². The summed E-state index contributed by atoms with van der Waals surface area (Å²) in [7, 11) is 0.